The van der Waals surface area contributed by atoms with Crippen molar-refractivity contribution < 1.29 is 31.8 Å². The number of nitrogens with zero attached hydrogens (tertiary/aromatic N) is 4. The van der Waals surface area contributed by atoms with Crippen molar-refractivity contribution in [3.8, 4) is 17.6 Å². The second-order valence-electron chi connectivity index (χ2n) is 14.0. The zero-order valence-corrected chi connectivity index (χ0v) is 31.6. The molecule has 12 heteroatoms. The molecule has 2 saturated heterocycles. The summed E-state index contributed by atoms with van der Waals surface area (Å²) >= 11 is 0. The molecule has 0 amide bonds. The van der Waals surface area contributed by atoms with Gasteiger partial charge in [0.1, 0.15) is 23.8 Å². The maximum absolute atomic E-state index is 14.5. The number of nitrogens with two attached hydrogens (primary N) is 1. The minimum absolute atomic E-state index is 0.00174. The van der Waals surface area contributed by atoms with Gasteiger partial charge in [-0.2, -0.15) is 0 Å². The quantitative estimate of drug-likeness (QED) is 0.0882. The predicted octanol–water partition coefficient (Wildman–Crippen LogP) is 8.08. The summed E-state index contributed by atoms with van der Waals surface area (Å²) in [5.41, 5.74) is 9.26. The third-order valence-electron chi connectivity index (χ3n) is 9.62. The molecule has 2 aromatic carbocycles. The first-order valence-corrected chi connectivity index (χ1v) is 18.9. The lowest BCUT2D eigenvalue weighted by atomic mass is 10.00. The van der Waals surface area contributed by atoms with E-state index in [2.05, 4.69) is 67.7 Å². The highest BCUT2D eigenvalue weighted by atomic mass is 19.4. The molecule has 0 spiro atoms. The van der Waals surface area contributed by atoms with Crippen molar-refractivity contribution >= 4 is 0 Å². The SMILES string of the molecule is CN1CCC(OC(c2cccc(C#CCCCCN)c2)c2ccccn2)CC1.CN1CCC(OC(c2ccncc2)c2cc(OC(F)(F)F)ccc2F)CC1. The number of hydrogen-bond acceptors (Lipinski definition) is 8. The summed E-state index contributed by atoms with van der Waals surface area (Å²) in [6, 6.07) is 20.7. The van der Waals surface area contributed by atoms with Crippen molar-refractivity contribution in [1.82, 2.24) is 19.8 Å². The van der Waals surface area contributed by atoms with E-state index in [4.69, 9.17) is 15.2 Å². The Morgan fingerprint density at radius 1 is 0.782 bits per heavy atom. The van der Waals surface area contributed by atoms with E-state index >= 15 is 0 Å². The molecule has 294 valence electrons. The molecule has 2 fully saturated rings. The maximum Gasteiger partial charge on any atom is 0.573 e. The zero-order chi connectivity index (χ0) is 39.0. The van der Waals surface area contributed by atoms with Crippen LogP contribution in [0.3, 0.4) is 0 Å². The monoisotopic (exact) mass is 761 g/mol. The van der Waals surface area contributed by atoms with E-state index in [0.29, 0.717) is 5.56 Å². The number of rotatable bonds is 12. The smallest absolute Gasteiger partial charge is 0.406 e. The molecule has 2 unspecified atom stereocenters. The van der Waals surface area contributed by atoms with E-state index in [1.807, 2.05) is 31.4 Å². The number of ether oxygens (including phenoxy) is 3. The van der Waals surface area contributed by atoms with Crippen molar-refractivity contribution in [3.63, 3.8) is 0 Å². The van der Waals surface area contributed by atoms with Crippen molar-refractivity contribution in [1.29, 1.82) is 0 Å². The minimum atomic E-state index is -4.85. The number of hydrogen-bond donors (Lipinski definition) is 1. The summed E-state index contributed by atoms with van der Waals surface area (Å²) in [6.07, 6.45) is 5.79. The number of pyridine rings is 2. The maximum atomic E-state index is 14.5. The number of unbranched alkanes of at least 4 members (excludes halogenated alkanes) is 2. The first-order valence-electron chi connectivity index (χ1n) is 18.9. The van der Waals surface area contributed by atoms with Crippen LogP contribution in [0.25, 0.3) is 0 Å². The average molecular weight is 762 g/mol. The number of aromatic nitrogens is 2. The van der Waals surface area contributed by atoms with Crippen LogP contribution >= 0.6 is 0 Å². The van der Waals surface area contributed by atoms with E-state index in [1.165, 1.54) is 12.4 Å². The summed E-state index contributed by atoms with van der Waals surface area (Å²) in [7, 11) is 4.18. The molecular weight excluding hydrogens is 710 g/mol. The van der Waals surface area contributed by atoms with Gasteiger partial charge in [-0.3, -0.25) is 9.97 Å². The van der Waals surface area contributed by atoms with Gasteiger partial charge in [-0.05, 0) is 125 Å². The summed E-state index contributed by atoms with van der Waals surface area (Å²) in [6.45, 7) is 4.57. The van der Waals surface area contributed by atoms with Gasteiger partial charge in [0.2, 0.25) is 0 Å². The highest BCUT2D eigenvalue weighted by molar-refractivity contribution is 5.40. The van der Waals surface area contributed by atoms with Crippen LogP contribution in [0.4, 0.5) is 17.6 Å². The Bertz CT molecular complexity index is 1790. The van der Waals surface area contributed by atoms with Gasteiger partial charge in [0.15, 0.2) is 0 Å². The van der Waals surface area contributed by atoms with Crippen molar-refractivity contribution in [2.24, 2.45) is 5.73 Å². The third-order valence-corrected chi connectivity index (χ3v) is 9.62. The summed E-state index contributed by atoms with van der Waals surface area (Å²) < 4.78 is 68.8. The van der Waals surface area contributed by atoms with Gasteiger partial charge in [0.05, 0.1) is 17.9 Å². The molecule has 6 rings (SSSR count). The lowest BCUT2D eigenvalue weighted by Crippen LogP contribution is -2.35. The van der Waals surface area contributed by atoms with Crippen LogP contribution < -0.4 is 10.5 Å². The Hall–Kier alpha value is -4.38. The van der Waals surface area contributed by atoms with Gasteiger partial charge >= 0.3 is 6.36 Å². The lowest BCUT2D eigenvalue weighted by molar-refractivity contribution is -0.274. The molecule has 0 aliphatic carbocycles. The standard InChI is InChI=1S/C24H31N3O.C19H20F4N2O2/c1-27-17-13-22(14-18-27)28-24(23-12-5-7-16-26-23)21-11-8-10-20(19-21)9-4-2-3-6-15-25;1-25-10-6-14(7-11-25)26-18(13-4-8-24-9-5-13)16-12-15(2-3-17(16)20)27-19(21,22)23/h5,7-8,10-12,16,19,22,24H,2-3,6,13-15,17-18,25H2,1H3;2-5,8-9,12,14,18H,6-7,10-11H2,1H3. The van der Waals surface area contributed by atoms with Crippen LogP contribution in [0.5, 0.6) is 5.75 Å². The molecule has 4 aromatic rings. The first-order chi connectivity index (χ1) is 26.6. The molecule has 2 N–H and O–H groups in total. The highest BCUT2D eigenvalue weighted by Crippen LogP contribution is 2.35. The predicted molar refractivity (Wildman–Crippen MR) is 205 cm³/mol. The van der Waals surface area contributed by atoms with Crippen molar-refractivity contribution in [2.45, 2.75) is 75.7 Å². The molecular formula is C43H51F4N5O3. The van der Waals surface area contributed by atoms with E-state index in [0.717, 1.165) is 113 Å². The van der Waals surface area contributed by atoms with Gasteiger partial charge < -0.3 is 29.7 Å². The van der Waals surface area contributed by atoms with Gasteiger partial charge in [-0.1, -0.05) is 30.0 Å². The fourth-order valence-electron chi connectivity index (χ4n) is 6.57. The van der Waals surface area contributed by atoms with Crippen LogP contribution in [0, 0.1) is 17.7 Å². The topological polar surface area (TPSA) is 86.0 Å². The Labute approximate surface area is 322 Å². The molecule has 2 aromatic heterocycles. The average Bonchev–Trinajstić information content (AvgIpc) is 3.19. The van der Waals surface area contributed by atoms with Crippen molar-refractivity contribution in [3.05, 3.63) is 125 Å². The molecule has 8 nitrogen and oxygen atoms in total. The molecule has 2 aliphatic rings. The molecule has 55 heavy (non-hydrogen) atoms. The number of benzene rings is 2. The number of piperidine rings is 2. The summed E-state index contributed by atoms with van der Waals surface area (Å²) in [5.74, 6) is 5.41. The van der Waals surface area contributed by atoms with Gasteiger partial charge in [-0.25, -0.2) is 4.39 Å². The first kappa shape index (κ1) is 41.8. The van der Waals surface area contributed by atoms with Crippen LogP contribution in [0.2, 0.25) is 0 Å². The summed E-state index contributed by atoms with van der Waals surface area (Å²) in [5, 5.41) is 0. The minimum Gasteiger partial charge on any atom is -0.406 e. The Morgan fingerprint density at radius 3 is 2.07 bits per heavy atom. The zero-order valence-electron chi connectivity index (χ0n) is 31.6. The molecule has 2 aliphatic heterocycles. The molecule has 4 heterocycles. The van der Waals surface area contributed by atoms with E-state index < -0.39 is 24.0 Å². The Balaban J connectivity index is 0.000000211. The number of alkyl halides is 3. The fraction of sp³-hybridized carbons (Fsp3) is 0.442. The van der Waals surface area contributed by atoms with E-state index in [1.54, 1.807) is 12.1 Å². The third kappa shape index (κ3) is 13.7. The Morgan fingerprint density at radius 2 is 1.45 bits per heavy atom. The van der Waals surface area contributed by atoms with E-state index in [-0.39, 0.29) is 23.9 Å². The number of halogens is 4. The van der Waals surface area contributed by atoms with Crippen LogP contribution in [-0.4, -0.2) is 85.2 Å². The number of likely N-dealkylation sites (tertiary alicyclic amines) is 2. The van der Waals surface area contributed by atoms with Gasteiger partial charge in [0, 0.05) is 62.3 Å². The molecule has 0 radical (unpaired) electrons. The Kier molecular flexibility index (Phi) is 16.0. The second-order valence-corrected chi connectivity index (χ2v) is 14.0. The molecule has 0 saturated carbocycles. The normalized spacial score (nSPS) is 17.0. The van der Waals surface area contributed by atoms with Crippen LogP contribution in [0.1, 0.15) is 85.1 Å². The van der Waals surface area contributed by atoms with Crippen LogP contribution in [0.15, 0.2) is 91.4 Å². The van der Waals surface area contributed by atoms with Gasteiger partial charge in [0.25, 0.3) is 0 Å². The lowest BCUT2D eigenvalue weighted by Gasteiger charge is -2.32. The summed E-state index contributed by atoms with van der Waals surface area (Å²) in [4.78, 5) is 13.0. The molecule has 0 bridgehead atoms. The molecule has 2 atom stereocenters. The van der Waals surface area contributed by atoms with Crippen LogP contribution in [-0.2, 0) is 9.47 Å². The van der Waals surface area contributed by atoms with Gasteiger partial charge in [-0.15, -0.1) is 13.2 Å². The fourth-order valence-corrected chi connectivity index (χ4v) is 6.57. The second kappa shape index (κ2) is 21.1. The van der Waals surface area contributed by atoms with E-state index in [9.17, 15) is 17.6 Å². The van der Waals surface area contributed by atoms with Crippen molar-refractivity contribution in [2.75, 3.05) is 46.8 Å². The largest absolute Gasteiger partial charge is 0.573 e. The highest BCUT2D eigenvalue weighted by Gasteiger charge is 2.32.